The summed E-state index contributed by atoms with van der Waals surface area (Å²) >= 11 is 14.0. The van der Waals surface area contributed by atoms with E-state index in [1.807, 2.05) is 18.2 Å². The van der Waals surface area contributed by atoms with E-state index in [1.54, 1.807) is 11.8 Å². The minimum Gasteiger partial charge on any atom is -0.329 e. The highest BCUT2D eigenvalue weighted by Crippen LogP contribution is 2.30. The maximum Gasteiger partial charge on any atom is 0.0542 e. The molecule has 1 fully saturated rings. The van der Waals surface area contributed by atoms with Crippen LogP contribution in [0.1, 0.15) is 19.8 Å². The number of likely N-dealkylation sites (tertiary alicyclic amines) is 1. The summed E-state index contributed by atoms with van der Waals surface area (Å²) in [5.74, 6) is 1.72. The lowest BCUT2D eigenvalue weighted by Crippen LogP contribution is -2.49. The van der Waals surface area contributed by atoms with E-state index in [4.69, 9.17) is 28.9 Å². The molecular weight excluding hydrogens is 311 g/mol. The van der Waals surface area contributed by atoms with Crippen molar-refractivity contribution in [2.24, 2.45) is 11.7 Å². The third kappa shape index (κ3) is 4.28. The van der Waals surface area contributed by atoms with Crippen LogP contribution in [0, 0.1) is 5.92 Å². The maximum absolute atomic E-state index is 6.18. The molecule has 2 unspecified atom stereocenters. The fraction of sp³-hybridized carbons (Fsp3) is 0.600. The Morgan fingerprint density at radius 3 is 2.95 bits per heavy atom. The van der Waals surface area contributed by atoms with Crippen molar-refractivity contribution in [3.05, 3.63) is 28.2 Å². The molecule has 0 spiro atoms. The number of halogens is 2. The summed E-state index contributed by atoms with van der Waals surface area (Å²) in [5, 5.41) is 1.52. The van der Waals surface area contributed by atoms with Crippen molar-refractivity contribution in [3.63, 3.8) is 0 Å². The van der Waals surface area contributed by atoms with Crippen LogP contribution in [0.4, 0.5) is 0 Å². The van der Waals surface area contributed by atoms with Crippen LogP contribution < -0.4 is 5.73 Å². The van der Waals surface area contributed by atoms with Gasteiger partial charge in [-0.05, 0) is 43.5 Å². The number of hydrogen-bond acceptors (Lipinski definition) is 3. The van der Waals surface area contributed by atoms with Crippen LogP contribution >= 0.6 is 35.0 Å². The van der Waals surface area contributed by atoms with Gasteiger partial charge >= 0.3 is 0 Å². The van der Waals surface area contributed by atoms with Gasteiger partial charge in [0, 0.05) is 34.8 Å². The van der Waals surface area contributed by atoms with E-state index >= 15 is 0 Å². The van der Waals surface area contributed by atoms with Gasteiger partial charge in [-0.15, -0.1) is 11.8 Å². The van der Waals surface area contributed by atoms with Crippen molar-refractivity contribution in [2.45, 2.75) is 30.7 Å². The van der Waals surface area contributed by atoms with Crippen LogP contribution in [0.15, 0.2) is 23.1 Å². The molecule has 0 saturated carbocycles. The van der Waals surface area contributed by atoms with Gasteiger partial charge in [0.25, 0.3) is 0 Å². The molecule has 20 heavy (non-hydrogen) atoms. The molecule has 0 aromatic heterocycles. The van der Waals surface area contributed by atoms with Gasteiger partial charge < -0.3 is 5.73 Å². The number of benzene rings is 1. The Labute approximate surface area is 136 Å². The highest BCUT2D eigenvalue weighted by Gasteiger charge is 2.26. The minimum atomic E-state index is 0.527. The molecule has 2 N–H and O–H groups in total. The molecule has 0 bridgehead atoms. The first-order valence-corrected chi connectivity index (χ1v) is 8.88. The van der Waals surface area contributed by atoms with Gasteiger partial charge in [-0.2, -0.15) is 0 Å². The van der Waals surface area contributed by atoms with E-state index in [9.17, 15) is 0 Å². The number of nitrogens with zero attached hydrogens (tertiary/aromatic N) is 1. The van der Waals surface area contributed by atoms with Crippen LogP contribution in [0.25, 0.3) is 0 Å². The summed E-state index contributed by atoms with van der Waals surface area (Å²) in [6, 6.07) is 6.15. The summed E-state index contributed by atoms with van der Waals surface area (Å²) in [6.45, 7) is 5.28. The standard InChI is InChI=1S/C15H22Cl2N2S/c1-11-3-2-6-19(14(11)10-18)7-8-20-15-9-12(16)4-5-13(15)17/h4-5,9,11,14H,2-3,6-8,10,18H2,1H3. The number of rotatable bonds is 5. The molecule has 0 radical (unpaired) electrons. The predicted octanol–water partition coefficient (Wildman–Crippen LogP) is 4.14. The molecule has 1 aliphatic rings. The lowest BCUT2D eigenvalue weighted by molar-refractivity contribution is 0.114. The van der Waals surface area contributed by atoms with Crippen molar-refractivity contribution in [3.8, 4) is 0 Å². The van der Waals surface area contributed by atoms with Crippen LogP contribution in [0.2, 0.25) is 10.0 Å². The predicted molar refractivity (Wildman–Crippen MR) is 90.0 cm³/mol. The van der Waals surface area contributed by atoms with Gasteiger partial charge in [0.1, 0.15) is 0 Å². The van der Waals surface area contributed by atoms with Crippen LogP contribution in [0.3, 0.4) is 0 Å². The zero-order chi connectivity index (χ0) is 14.5. The summed E-state index contributed by atoms with van der Waals surface area (Å²) in [4.78, 5) is 3.59. The van der Waals surface area contributed by atoms with E-state index in [1.165, 1.54) is 12.8 Å². The van der Waals surface area contributed by atoms with Gasteiger partial charge in [-0.3, -0.25) is 4.90 Å². The quantitative estimate of drug-likeness (QED) is 0.821. The maximum atomic E-state index is 6.18. The van der Waals surface area contributed by atoms with Crippen LogP contribution in [-0.4, -0.2) is 36.3 Å². The molecule has 112 valence electrons. The smallest absolute Gasteiger partial charge is 0.0542 e. The molecule has 0 amide bonds. The molecule has 5 heteroatoms. The first-order valence-electron chi connectivity index (χ1n) is 7.13. The second kappa shape index (κ2) is 7.90. The second-order valence-corrected chi connectivity index (χ2v) is 7.36. The van der Waals surface area contributed by atoms with E-state index in [2.05, 4.69) is 11.8 Å². The first kappa shape index (κ1) is 16.4. The van der Waals surface area contributed by atoms with E-state index in [0.29, 0.717) is 12.0 Å². The Balaban J connectivity index is 1.87. The molecule has 1 aromatic carbocycles. The minimum absolute atomic E-state index is 0.527. The molecule has 0 aliphatic carbocycles. The van der Waals surface area contributed by atoms with Crippen molar-refractivity contribution >= 4 is 35.0 Å². The van der Waals surface area contributed by atoms with Gasteiger partial charge in [0.2, 0.25) is 0 Å². The van der Waals surface area contributed by atoms with E-state index < -0.39 is 0 Å². The molecule has 2 atom stereocenters. The Kier molecular flexibility index (Phi) is 6.50. The summed E-state index contributed by atoms with van der Waals surface area (Å²) in [5.41, 5.74) is 5.92. The van der Waals surface area contributed by atoms with Crippen molar-refractivity contribution in [2.75, 3.05) is 25.4 Å². The third-order valence-corrected chi connectivity index (χ3v) is 5.71. The zero-order valence-corrected chi connectivity index (χ0v) is 14.1. The summed E-state index contributed by atoms with van der Waals surface area (Å²) < 4.78 is 0. The first-order chi connectivity index (χ1) is 9.61. The van der Waals surface area contributed by atoms with Crippen molar-refractivity contribution < 1.29 is 0 Å². The number of piperidine rings is 1. The second-order valence-electron chi connectivity index (χ2n) is 5.38. The van der Waals surface area contributed by atoms with E-state index in [-0.39, 0.29) is 0 Å². The Hall–Kier alpha value is 0.0700. The zero-order valence-electron chi connectivity index (χ0n) is 11.8. The number of hydrogen-bond donors (Lipinski definition) is 1. The molecular formula is C15H22Cl2N2S. The largest absolute Gasteiger partial charge is 0.329 e. The van der Waals surface area contributed by atoms with Gasteiger partial charge in [-0.25, -0.2) is 0 Å². The van der Waals surface area contributed by atoms with Crippen LogP contribution in [0.5, 0.6) is 0 Å². The average molecular weight is 333 g/mol. The van der Waals surface area contributed by atoms with Gasteiger partial charge in [0.05, 0.1) is 5.02 Å². The topological polar surface area (TPSA) is 29.3 Å². The Bertz CT molecular complexity index is 442. The highest BCUT2D eigenvalue weighted by molar-refractivity contribution is 7.99. The molecule has 1 saturated heterocycles. The van der Waals surface area contributed by atoms with Gasteiger partial charge in [0.15, 0.2) is 0 Å². The fourth-order valence-corrected chi connectivity index (χ4v) is 4.33. The fourth-order valence-electron chi connectivity index (χ4n) is 2.85. The number of nitrogens with two attached hydrogens (primary N) is 1. The van der Waals surface area contributed by atoms with Gasteiger partial charge in [-0.1, -0.05) is 30.1 Å². The molecule has 2 nitrogen and oxygen atoms in total. The summed E-state index contributed by atoms with van der Waals surface area (Å²) in [7, 11) is 0. The lowest BCUT2D eigenvalue weighted by Gasteiger charge is -2.39. The monoisotopic (exact) mass is 332 g/mol. The molecule has 1 heterocycles. The average Bonchev–Trinajstić information content (AvgIpc) is 2.43. The molecule has 1 aliphatic heterocycles. The number of thioether (sulfide) groups is 1. The molecule has 2 rings (SSSR count). The highest BCUT2D eigenvalue weighted by atomic mass is 35.5. The Morgan fingerprint density at radius 1 is 1.40 bits per heavy atom. The molecule has 1 aromatic rings. The SMILES string of the molecule is CC1CCCN(CCSc2cc(Cl)ccc2Cl)C1CN. The third-order valence-electron chi connectivity index (χ3n) is 4.00. The van der Waals surface area contributed by atoms with E-state index in [0.717, 1.165) is 40.3 Å². The lowest BCUT2D eigenvalue weighted by atomic mass is 9.91. The van der Waals surface area contributed by atoms with Crippen LogP contribution in [-0.2, 0) is 0 Å². The van der Waals surface area contributed by atoms with Crippen molar-refractivity contribution in [1.29, 1.82) is 0 Å². The van der Waals surface area contributed by atoms with Crippen molar-refractivity contribution in [1.82, 2.24) is 4.90 Å². The summed E-state index contributed by atoms with van der Waals surface area (Å²) in [6.07, 6.45) is 2.58. The Morgan fingerprint density at radius 2 is 2.20 bits per heavy atom. The normalized spacial score (nSPS) is 24.0.